The lowest BCUT2D eigenvalue weighted by Crippen LogP contribution is -2.08. The van der Waals surface area contributed by atoms with Crippen LogP contribution in [0.15, 0.2) is 28.9 Å². The lowest BCUT2D eigenvalue weighted by atomic mass is 10.2. The quantitative estimate of drug-likeness (QED) is 0.940. The molecule has 17 heavy (non-hydrogen) atoms. The standard InChI is InChI=1S/C11H10BrN3O2/c1-7-3-2-4-8(5-7)15-9(6-10(16)17)11(12)13-14-15/h2-5H,6H2,1H3,(H,16,17). The topological polar surface area (TPSA) is 68.0 Å². The highest BCUT2D eigenvalue weighted by Crippen LogP contribution is 2.18. The molecule has 0 aliphatic carbocycles. The summed E-state index contributed by atoms with van der Waals surface area (Å²) < 4.78 is 1.99. The fraction of sp³-hybridized carbons (Fsp3) is 0.182. The van der Waals surface area contributed by atoms with Crippen molar-refractivity contribution in [3.05, 3.63) is 40.1 Å². The molecule has 0 aliphatic heterocycles. The summed E-state index contributed by atoms with van der Waals surface area (Å²) in [6, 6.07) is 7.64. The molecule has 6 heteroatoms. The first-order chi connectivity index (χ1) is 8.08. The summed E-state index contributed by atoms with van der Waals surface area (Å²) in [6.45, 7) is 1.96. The van der Waals surface area contributed by atoms with E-state index in [0.717, 1.165) is 11.3 Å². The second kappa shape index (κ2) is 4.67. The molecule has 5 nitrogen and oxygen atoms in total. The van der Waals surface area contributed by atoms with Crippen molar-refractivity contribution in [2.45, 2.75) is 13.3 Å². The molecule has 1 N–H and O–H groups in total. The highest BCUT2D eigenvalue weighted by Gasteiger charge is 2.15. The van der Waals surface area contributed by atoms with Crippen molar-refractivity contribution in [1.29, 1.82) is 0 Å². The van der Waals surface area contributed by atoms with Crippen LogP contribution in [0.2, 0.25) is 0 Å². The van der Waals surface area contributed by atoms with E-state index in [1.54, 1.807) is 0 Å². The molecule has 0 bridgehead atoms. The van der Waals surface area contributed by atoms with Gasteiger partial charge in [0.25, 0.3) is 0 Å². The maximum Gasteiger partial charge on any atom is 0.309 e. The van der Waals surface area contributed by atoms with Crippen molar-refractivity contribution in [3.63, 3.8) is 0 Å². The number of benzene rings is 1. The second-order valence-corrected chi connectivity index (χ2v) is 4.40. The Morgan fingerprint density at radius 3 is 2.94 bits per heavy atom. The number of nitrogens with zero attached hydrogens (tertiary/aromatic N) is 3. The average Bonchev–Trinajstić information content (AvgIpc) is 2.60. The maximum atomic E-state index is 10.8. The fourth-order valence-electron chi connectivity index (χ4n) is 1.54. The van der Waals surface area contributed by atoms with Crippen LogP contribution in [0.3, 0.4) is 0 Å². The van der Waals surface area contributed by atoms with Gasteiger partial charge in [-0.3, -0.25) is 4.79 Å². The van der Waals surface area contributed by atoms with Crippen molar-refractivity contribution in [3.8, 4) is 5.69 Å². The van der Waals surface area contributed by atoms with Crippen LogP contribution >= 0.6 is 15.9 Å². The van der Waals surface area contributed by atoms with Crippen LogP contribution < -0.4 is 0 Å². The van der Waals surface area contributed by atoms with E-state index in [1.807, 2.05) is 31.2 Å². The van der Waals surface area contributed by atoms with E-state index >= 15 is 0 Å². The van der Waals surface area contributed by atoms with Crippen LogP contribution in [0.4, 0.5) is 0 Å². The minimum absolute atomic E-state index is 0.123. The van der Waals surface area contributed by atoms with Crippen molar-refractivity contribution in [2.75, 3.05) is 0 Å². The molecule has 1 aromatic heterocycles. The largest absolute Gasteiger partial charge is 0.481 e. The number of carboxylic acid groups (broad SMARTS) is 1. The zero-order chi connectivity index (χ0) is 12.4. The second-order valence-electron chi connectivity index (χ2n) is 3.65. The van der Waals surface area contributed by atoms with Gasteiger partial charge >= 0.3 is 5.97 Å². The monoisotopic (exact) mass is 295 g/mol. The fourth-order valence-corrected chi connectivity index (χ4v) is 1.92. The van der Waals surface area contributed by atoms with Gasteiger partial charge in [-0.25, -0.2) is 4.68 Å². The first-order valence-corrected chi connectivity index (χ1v) is 5.76. The number of aromatic nitrogens is 3. The molecular formula is C11H10BrN3O2. The molecule has 0 aliphatic rings. The van der Waals surface area contributed by atoms with Gasteiger partial charge in [0, 0.05) is 0 Å². The third-order valence-corrected chi connectivity index (χ3v) is 2.90. The number of aliphatic carboxylic acids is 1. The predicted octanol–water partition coefficient (Wildman–Crippen LogP) is 1.97. The van der Waals surface area contributed by atoms with Gasteiger partial charge in [-0.05, 0) is 40.5 Å². The van der Waals surface area contributed by atoms with Gasteiger partial charge in [-0.2, -0.15) is 0 Å². The molecule has 0 saturated heterocycles. The number of aryl methyl sites for hydroxylation is 1. The van der Waals surface area contributed by atoms with Crippen LogP contribution in [0, 0.1) is 6.92 Å². The van der Waals surface area contributed by atoms with Crippen LogP contribution in [0.25, 0.3) is 5.69 Å². The van der Waals surface area contributed by atoms with Gasteiger partial charge in [0.1, 0.15) is 0 Å². The van der Waals surface area contributed by atoms with Crippen molar-refractivity contribution in [2.24, 2.45) is 0 Å². The highest BCUT2D eigenvalue weighted by atomic mass is 79.9. The summed E-state index contributed by atoms with van der Waals surface area (Å²) in [5.74, 6) is -0.915. The zero-order valence-corrected chi connectivity index (χ0v) is 10.7. The summed E-state index contributed by atoms with van der Waals surface area (Å²) in [4.78, 5) is 10.8. The first kappa shape index (κ1) is 11.8. The summed E-state index contributed by atoms with van der Waals surface area (Å²) >= 11 is 3.20. The Morgan fingerprint density at radius 1 is 1.53 bits per heavy atom. The van der Waals surface area contributed by atoms with Crippen molar-refractivity contribution >= 4 is 21.9 Å². The smallest absolute Gasteiger partial charge is 0.309 e. The Morgan fingerprint density at radius 2 is 2.29 bits per heavy atom. The number of carbonyl (C=O) groups is 1. The molecular weight excluding hydrogens is 286 g/mol. The van der Waals surface area contributed by atoms with E-state index in [2.05, 4.69) is 26.2 Å². The molecule has 0 atom stereocenters. The van der Waals surface area contributed by atoms with Crippen LogP contribution in [-0.4, -0.2) is 26.1 Å². The minimum atomic E-state index is -0.915. The van der Waals surface area contributed by atoms with E-state index in [-0.39, 0.29) is 6.42 Å². The maximum absolute atomic E-state index is 10.8. The molecule has 1 heterocycles. The molecule has 0 saturated carbocycles. The number of hydrogen-bond acceptors (Lipinski definition) is 3. The van der Waals surface area contributed by atoms with Gasteiger partial charge in [0.2, 0.25) is 0 Å². The van der Waals surface area contributed by atoms with Crippen LogP contribution in [0.1, 0.15) is 11.3 Å². The normalized spacial score (nSPS) is 10.5. The summed E-state index contributed by atoms with van der Waals surface area (Å²) in [7, 11) is 0. The lowest BCUT2D eigenvalue weighted by Gasteiger charge is -2.05. The van der Waals surface area contributed by atoms with E-state index in [0.29, 0.717) is 10.3 Å². The highest BCUT2D eigenvalue weighted by molar-refractivity contribution is 9.10. The molecule has 0 amide bonds. The van der Waals surface area contributed by atoms with Gasteiger partial charge in [-0.15, -0.1) is 5.10 Å². The number of rotatable bonds is 3. The SMILES string of the molecule is Cc1cccc(-n2nnc(Br)c2CC(=O)O)c1. The van der Waals surface area contributed by atoms with Crippen LogP contribution in [0.5, 0.6) is 0 Å². The Labute approximate surface area is 106 Å². The molecule has 0 unspecified atom stereocenters. The van der Waals surface area contributed by atoms with E-state index in [1.165, 1.54) is 4.68 Å². The van der Waals surface area contributed by atoms with E-state index < -0.39 is 5.97 Å². The lowest BCUT2D eigenvalue weighted by molar-refractivity contribution is -0.136. The van der Waals surface area contributed by atoms with Crippen molar-refractivity contribution in [1.82, 2.24) is 15.0 Å². The summed E-state index contributed by atoms with van der Waals surface area (Å²) in [6.07, 6.45) is -0.123. The summed E-state index contributed by atoms with van der Waals surface area (Å²) in [5.41, 5.74) is 2.41. The number of carboxylic acids is 1. The van der Waals surface area contributed by atoms with Gasteiger partial charge in [0.15, 0.2) is 4.60 Å². The molecule has 0 radical (unpaired) electrons. The molecule has 88 valence electrons. The minimum Gasteiger partial charge on any atom is -0.481 e. The Balaban J connectivity index is 2.48. The predicted molar refractivity (Wildman–Crippen MR) is 65.1 cm³/mol. The number of halogens is 1. The third kappa shape index (κ3) is 2.52. The number of hydrogen-bond donors (Lipinski definition) is 1. The molecule has 2 rings (SSSR count). The Bertz CT molecular complexity index is 566. The average molecular weight is 296 g/mol. The summed E-state index contributed by atoms with van der Waals surface area (Å²) in [5, 5.41) is 16.6. The molecule has 0 spiro atoms. The third-order valence-electron chi connectivity index (χ3n) is 2.28. The zero-order valence-electron chi connectivity index (χ0n) is 9.09. The van der Waals surface area contributed by atoms with Gasteiger partial charge < -0.3 is 5.11 Å². The van der Waals surface area contributed by atoms with E-state index in [9.17, 15) is 4.79 Å². The first-order valence-electron chi connectivity index (χ1n) is 4.97. The van der Waals surface area contributed by atoms with Gasteiger partial charge in [-0.1, -0.05) is 17.3 Å². The van der Waals surface area contributed by atoms with Crippen molar-refractivity contribution < 1.29 is 9.90 Å². The Hall–Kier alpha value is -1.69. The van der Waals surface area contributed by atoms with Crippen LogP contribution in [-0.2, 0) is 11.2 Å². The van der Waals surface area contributed by atoms with Gasteiger partial charge in [0.05, 0.1) is 17.8 Å². The molecule has 1 aromatic carbocycles. The van der Waals surface area contributed by atoms with E-state index in [4.69, 9.17) is 5.11 Å². The Kier molecular flexibility index (Phi) is 3.23. The molecule has 0 fully saturated rings. The molecule has 2 aromatic rings.